The van der Waals surface area contributed by atoms with E-state index in [9.17, 15) is 9.59 Å². The van der Waals surface area contributed by atoms with Gasteiger partial charge in [0.2, 0.25) is 5.91 Å². The molecule has 4 heteroatoms. The lowest BCUT2D eigenvalue weighted by Crippen LogP contribution is -2.43. The molecule has 0 atom stereocenters. The summed E-state index contributed by atoms with van der Waals surface area (Å²) in [6, 6.07) is 17.9. The van der Waals surface area contributed by atoms with E-state index in [-0.39, 0.29) is 17.9 Å². The van der Waals surface area contributed by atoms with Crippen molar-refractivity contribution >= 4 is 11.8 Å². The minimum atomic E-state index is -0.209. The van der Waals surface area contributed by atoms with Gasteiger partial charge in [-0.2, -0.15) is 0 Å². The maximum absolute atomic E-state index is 12.3. The van der Waals surface area contributed by atoms with Crippen molar-refractivity contribution in [3.63, 3.8) is 0 Å². The van der Waals surface area contributed by atoms with Crippen LogP contribution < -0.4 is 10.6 Å². The highest BCUT2D eigenvalue weighted by atomic mass is 16.2. The van der Waals surface area contributed by atoms with Crippen molar-refractivity contribution in [3.8, 4) is 0 Å². The topological polar surface area (TPSA) is 58.2 Å². The van der Waals surface area contributed by atoms with Gasteiger partial charge in [-0.25, -0.2) is 0 Å². The maximum Gasteiger partial charge on any atom is 0.251 e. The first-order valence-corrected chi connectivity index (χ1v) is 8.50. The molecule has 0 aromatic heterocycles. The van der Waals surface area contributed by atoms with Crippen molar-refractivity contribution in [2.75, 3.05) is 0 Å². The highest BCUT2D eigenvalue weighted by Gasteiger charge is 2.31. The largest absolute Gasteiger partial charge is 0.349 e. The molecule has 0 heterocycles. The Hall–Kier alpha value is -2.88. The minimum absolute atomic E-state index is 0.0433. The number of hydrogen-bond acceptors (Lipinski definition) is 2. The third kappa shape index (κ3) is 4.35. The Bertz CT molecular complexity index is 747. The molecule has 0 saturated heterocycles. The lowest BCUT2D eigenvalue weighted by atomic mass is 9.76. The summed E-state index contributed by atoms with van der Waals surface area (Å²) >= 11 is 0. The SMILES string of the molecule is C=CC(=O)NCc1ccc(C(=O)NC2CC(c3ccccc3)C2)cc1. The summed E-state index contributed by atoms with van der Waals surface area (Å²) in [5.74, 6) is 0.292. The zero-order valence-electron chi connectivity index (χ0n) is 14.1. The predicted octanol–water partition coefficient (Wildman–Crippen LogP) is 3.16. The van der Waals surface area contributed by atoms with Crippen LogP contribution in [0.1, 0.15) is 40.2 Å². The Kier molecular flexibility index (Phi) is 5.29. The molecule has 0 aliphatic heterocycles. The van der Waals surface area contributed by atoms with Gasteiger partial charge in [0.25, 0.3) is 5.91 Å². The van der Waals surface area contributed by atoms with E-state index in [2.05, 4.69) is 41.5 Å². The molecule has 1 aliphatic carbocycles. The van der Waals surface area contributed by atoms with Crippen molar-refractivity contribution in [1.82, 2.24) is 10.6 Å². The van der Waals surface area contributed by atoms with Crippen LogP contribution in [-0.4, -0.2) is 17.9 Å². The van der Waals surface area contributed by atoms with Crippen LogP contribution in [0, 0.1) is 0 Å². The molecule has 0 unspecified atom stereocenters. The van der Waals surface area contributed by atoms with Crippen molar-refractivity contribution in [1.29, 1.82) is 0 Å². The second-order valence-electron chi connectivity index (χ2n) is 6.37. The quantitative estimate of drug-likeness (QED) is 0.797. The molecule has 2 amide bonds. The smallest absolute Gasteiger partial charge is 0.251 e. The van der Waals surface area contributed by atoms with Crippen LogP contribution in [0.15, 0.2) is 67.3 Å². The second-order valence-corrected chi connectivity index (χ2v) is 6.37. The Morgan fingerprint density at radius 2 is 1.72 bits per heavy atom. The van der Waals surface area contributed by atoms with Gasteiger partial charge in [0.1, 0.15) is 0 Å². The summed E-state index contributed by atoms with van der Waals surface area (Å²) < 4.78 is 0. The average molecular weight is 334 g/mol. The summed E-state index contributed by atoms with van der Waals surface area (Å²) in [6.07, 6.45) is 3.21. The summed E-state index contributed by atoms with van der Waals surface area (Å²) in [5, 5.41) is 5.80. The molecule has 2 aromatic rings. The van der Waals surface area contributed by atoms with Crippen molar-refractivity contribution < 1.29 is 9.59 Å². The van der Waals surface area contributed by atoms with Gasteiger partial charge in [-0.1, -0.05) is 49.0 Å². The summed E-state index contributed by atoms with van der Waals surface area (Å²) in [5.41, 5.74) is 2.93. The zero-order chi connectivity index (χ0) is 17.6. The van der Waals surface area contributed by atoms with Crippen LogP contribution in [0.2, 0.25) is 0 Å². The first-order valence-electron chi connectivity index (χ1n) is 8.50. The van der Waals surface area contributed by atoms with Gasteiger partial charge in [-0.05, 0) is 48.1 Å². The fraction of sp³-hybridized carbons (Fsp3) is 0.238. The molecule has 1 fully saturated rings. The Morgan fingerprint density at radius 3 is 2.36 bits per heavy atom. The van der Waals surface area contributed by atoms with Crippen LogP contribution in [0.4, 0.5) is 0 Å². The normalized spacial score (nSPS) is 18.7. The molecule has 25 heavy (non-hydrogen) atoms. The summed E-state index contributed by atoms with van der Waals surface area (Å²) in [4.78, 5) is 23.5. The molecule has 1 saturated carbocycles. The van der Waals surface area contributed by atoms with Crippen molar-refractivity contribution in [3.05, 3.63) is 83.9 Å². The monoisotopic (exact) mass is 334 g/mol. The number of carbonyl (C=O) groups excluding carboxylic acids is 2. The van der Waals surface area contributed by atoms with E-state index >= 15 is 0 Å². The number of nitrogens with one attached hydrogen (secondary N) is 2. The van der Waals surface area contributed by atoms with E-state index in [1.165, 1.54) is 11.6 Å². The first kappa shape index (κ1) is 17.0. The zero-order valence-corrected chi connectivity index (χ0v) is 14.1. The van der Waals surface area contributed by atoms with Crippen LogP contribution in [0.25, 0.3) is 0 Å². The first-order chi connectivity index (χ1) is 12.2. The van der Waals surface area contributed by atoms with E-state index in [1.54, 1.807) is 12.1 Å². The second kappa shape index (κ2) is 7.79. The molecule has 128 valence electrons. The highest BCUT2D eigenvalue weighted by molar-refractivity contribution is 5.94. The molecule has 0 bridgehead atoms. The molecular weight excluding hydrogens is 312 g/mol. The Balaban J connectivity index is 1.47. The molecule has 1 aliphatic rings. The van der Waals surface area contributed by atoms with E-state index in [1.807, 2.05) is 18.2 Å². The summed E-state index contributed by atoms with van der Waals surface area (Å²) in [6.45, 7) is 3.84. The Morgan fingerprint density at radius 1 is 1.04 bits per heavy atom. The number of amides is 2. The number of benzene rings is 2. The minimum Gasteiger partial charge on any atom is -0.349 e. The van der Waals surface area contributed by atoms with Gasteiger partial charge in [-0.3, -0.25) is 9.59 Å². The van der Waals surface area contributed by atoms with Gasteiger partial charge in [-0.15, -0.1) is 0 Å². The van der Waals surface area contributed by atoms with Crippen LogP contribution in [-0.2, 0) is 11.3 Å². The molecule has 0 radical (unpaired) electrons. The van der Waals surface area contributed by atoms with E-state index in [0.717, 1.165) is 18.4 Å². The lowest BCUT2D eigenvalue weighted by Gasteiger charge is -2.36. The van der Waals surface area contributed by atoms with Crippen LogP contribution in [0.5, 0.6) is 0 Å². The number of rotatable bonds is 6. The standard InChI is InChI=1S/C21H22N2O2/c1-2-20(24)22-14-15-8-10-17(11-9-15)21(25)23-19-12-18(13-19)16-6-4-3-5-7-16/h2-11,18-19H,1,12-14H2,(H,22,24)(H,23,25). The van der Waals surface area contributed by atoms with Gasteiger partial charge in [0, 0.05) is 18.2 Å². The molecule has 0 spiro atoms. The van der Waals surface area contributed by atoms with E-state index in [4.69, 9.17) is 0 Å². The average Bonchev–Trinajstić information content (AvgIpc) is 2.63. The van der Waals surface area contributed by atoms with Crippen molar-refractivity contribution in [2.24, 2.45) is 0 Å². The van der Waals surface area contributed by atoms with Gasteiger partial charge >= 0.3 is 0 Å². The van der Waals surface area contributed by atoms with Crippen LogP contribution >= 0.6 is 0 Å². The Labute approximate surface area is 148 Å². The van der Waals surface area contributed by atoms with Gasteiger partial charge < -0.3 is 10.6 Å². The third-order valence-corrected chi connectivity index (χ3v) is 4.61. The molecular formula is C21H22N2O2. The van der Waals surface area contributed by atoms with Crippen molar-refractivity contribution in [2.45, 2.75) is 31.3 Å². The molecule has 4 nitrogen and oxygen atoms in total. The lowest BCUT2D eigenvalue weighted by molar-refractivity contribution is -0.116. The van der Waals surface area contributed by atoms with E-state index in [0.29, 0.717) is 18.0 Å². The molecule has 2 N–H and O–H groups in total. The highest BCUT2D eigenvalue weighted by Crippen LogP contribution is 2.36. The summed E-state index contributed by atoms with van der Waals surface area (Å²) in [7, 11) is 0. The predicted molar refractivity (Wildman–Crippen MR) is 98.2 cm³/mol. The van der Waals surface area contributed by atoms with Gasteiger partial charge in [0.15, 0.2) is 0 Å². The molecule has 2 aromatic carbocycles. The van der Waals surface area contributed by atoms with Gasteiger partial charge in [0.05, 0.1) is 0 Å². The number of hydrogen-bond donors (Lipinski definition) is 2. The van der Waals surface area contributed by atoms with E-state index < -0.39 is 0 Å². The number of carbonyl (C=O) groups is 2. The fourth-order valence-corrected chi connectivity index (χ4v) is 3.04. The maximum atomic E-state index is 12.3. The fourth-order valence-electron chi connectivity index (χ4n) is 3.04. The third-order valence-electron chi connectivity index (χ3n) is 4.61. The van der Waals surface area contributed by atoms with Crippen LogP contribution in [0.3, 0.4) is 0 Å². The molecule has 3 rings (SSSR count).